The maximum atomic E-state index is 4.72. The Morgan fingerprint density at radius 1 is 0.808 bits per heavy atom. The molecule has 0 saturated heterocycles. The normalized spacial score (nSPS) is 11.2. The van der Waals surface area contributed by atoms with Crippen LogP contribution in [0, 0.1) is 0 Å². The van der Waals surface area contributed by atoms with Gasteiger partial charge in [0.15, 0.2) is 5.82 Å². The molecule has 0 unspecified atom stereocenters. The van der Waals surface area contributed by atoms with Gasteiger partial charge in [0, 0.05) is 6.20 Å². The number of rotatable bonds is 3. The van der Waals surface area contributed by atoms with Gasteiger partial charge in [0.2, 0.25) is 0 Å². The summed E-state index contributed by atoms with van der Waals surface area (Å²) in [6.45, 7) is 4.01. The van der Waals surface area contributed by atoms with E-state index in [1.165, 1.54) is 10.8 Å². The summed E-state index contributed by atoms with van der Waals surface area (Å²) in [7, 11) is 0. The third-order valence-corrected chi connectivity index (χ3v) is 4.78. The van der Waals surface area contributed by atoms with Gasteiger partial charge in [-0.2, -0.15) is 0 Å². The van der Waals surface area contributed by atoms with E-state index in [9.17, 15) is 0 Å². The number of benzene rings is 3. The third kappa shape index (κ3) is 2.25. The van der Waals surface area contributed by atoms with Gasteiger partial charge in [0.25, 0.3) is 0 Å². The largest absolute Gasteiger partial charge is 0.337 e. The first-order valence-electron chi connectivity index (χ1n) is 8.61. The zero-order chi connectivity index (χ0) is 17.5. The molecule has 0 aliphatic heterocycles. The number of hydrogen-bond donors (Lipinski definition) is 1. The molecule has 0 atom stereocenters. The van der Waals surface area contributed by atoms with Crippen LogP contribution in [0.5, 0.6) is 0 Å². The molecule has 0 fully saturated rings. The van der Waals surface area contributed by atoms with E-state index in [1.54, 1.807) is 0 Å². The zero-order valence-electron chi connectivity index (χ0n) is 14.2. The minimum atomic E-state index is 0.845. The highest BCUT2D eigenvalue weighted by atomic mass is 15.0. The van der Waals surface area contributed by atoms with Gasteiger partial charge in [0.1, 0.15) is 0 Å². The average Bonchev–Trinajstić information content (AvgIpc) is 3.31. The molecule has 0 bridgehead atoms. The Hall–Kier alpha value is -3.59. The highest BCUT2D eigenvalue weighted by Gasteiger charge is 2.13. The lowest BCUT2D eigenvalue weighted by Gasteiger charge is -2.08. The smallest absolute Gasteiger partial charge is 0.155 e. The van der Waals surface area contributed by atoms with Crippen LogP contribution in [0.4, 0.5) is 0 Å². The molecule has 0 spiro atoms. The molecular formula is C23H17N3. The first kappa shape index (κ1) is 14.7. The second kappa shape index (κ2) is 5.74. The maximum absolute atomic E-state index is 4.72. The SMILES string of the molecule is C=Cn1c(-c2ccc3ccccc3c2)ccc1-c1nc2ccccc2[nH]1. The molecule has 3 aromatic carbocycles. The number of nitrogens with one attached hydrogen (secondary N) is 1. The lowest BCUT2D eigenvalue weighted by Crippen LogP contribution is -1.94. The van der Waals surface area contributed by atoms with Crippen molar-refractivity contribution in [3.63, 3.8) is 0 Å². The Labute approximate surface area is 151 Å². The molecule has 2 aromatic heterocycles. The molecule has 0 aliphatic rings. The molecule has 3 nitrogen and oxygen atoms in total. The summed E-state index contributed by atoms with van der Waals surface area (Å²) in [5.74, 6) is 0.845. The van der Waals surface area contributed by atoms with Gasteiger partial charge in [-0.25, -0.2) is 4.98 Å². The van der Waals surface area contributed by atoms with E-state index in [-0.39, 0.29) is 0 Å². The van der Waals surface area contributed by atoms with Crippen molar-refractivity contribution >= 4 is 28.0 Å². The van der Waals surface area contributed by atoms with Crippen molar-refractivity contribution in [3.8, 4) is 22.8 Å². The lowest BCUT2D eigenvalue weighted by molar-refractivity contribution is 1.15. The summed E-state index contributed by atoms with van der Waals surface area (Å²) in [6.07, 6.45) is 1.84. The lowest BCUT2D eigenvalue weighted by atomic mass is 10.1. The average molecular weight is 335 g/mol. The van der Waals surface area contributed by atoms with Crippen LogP contribution < -0.4 is 0 Å². The monoisotopic (exact) mass is 335 g/mol. The van der Waals surface area contributed by atoms with Gasteiger partial charge < -0.3 is 9.55 Å². The van der Waals surface area contributed by atoms with Crippen LogP contribution >= 0.6 is 0 Å². The molecule has 2 heterocycles. The fraction of sp³-hybridized carbons (Fsp3) is 0. The Bertz CT molecular complexity index is 1220. The Morgan fingerprint density at radius 2 is 1.58 bits per heavy atom. The predicted molar refractivity (Wildman–Crippen MR) is 109 cm³/mol. The number of aromatic nitrogens is 3. The van der Waals surface area contributed by atoms with Crippen molar-refractivity contribution in [3.05, 3.63) is 85.4 Å². The molecule has 0 saturated carbocycles. The van der Waals surface area contributed by atoms with Crippen LogP contribution in [-0.4, -0.2) is 14.5 Å². The van der Waals surface area contributed by atoms with E-state index in [0.29, 0.717) is 0 Å². The molecule has 124 valence electrons. The van der Waals surface area contributed by atoms with Crippen LogP contribution in [0.1, 0.15) is 0 Å². The van der Waals surface area contributed by atoms with Crippen LogP contribution in [0.25, 0.3) is 50.8 Å². The van der Waals surface area contributed by atoms with Crippen molar-refractivity contribution in [1.29, 1.82) is 0 Å². The second-order valence-corrected chi connectivity index (χ2v) is 6.32. The summed E-state index contributed by atoms with van der Waals surface area (Å²) in [5, 5.41) is 2.47. The molecular weight excluding hydrogens is 318 g/mol. The fourth-order valence-electron chi connectivity index (χ4n) is 3.50. The number of hydrogen-bond acceptors (Lipinski definition) is 1. The minimum absolute atomic E-state index is 0.845. The first-order chi connectivity index (χ1) is 12.8. The summed E-state index contributed by atoms with van der Waals surface area (Å²) in [6, 6.07) is 27.2. The zero-order valence-corrected chi connectivity index (χ0v) is 14.2. The highest BCUT2D eigenvalue weighted by Crippen LogP contribution is 2.30. The van der Waals surface area contributed by atoms with Crippen LogP contribution in [0.2, 0.25) is 0 Å². The summed E-state index contributed by atoms with van der Waals surface area (Å²) >= 11 is 0. The predicted octanol–water partition coefficient (Wildman–Crippen LogP) is 5.95. The van der Waals surface area contributed by atoms with Crippen LogP contribution in [0.15, 0.2) is 85.4 Å². The van der Waals surface area contributed by atoms with Crippen molar-refractivity contribution in [2.45, 2.75) is 0 Å². The Morgan fingerprint density at radius 3 is 2.42 bits per heavy atom. The number of fused-ring (bicyclic) bond motifs is 2. The van der Waals surface area contributed by atoms with Crippen LogP contribution in [0.3, 0.4) is 0 Å². The van der Waals surface area contributed by atoms with E-state index in [2.05, 4.69) is 70.7 Å². The molecule has 3 heteroatoms. The van der Waals surface area contributed by atoms with Crippen molar-refractivity contribution < 1.29 is 0 Å². The first-order valence-corrected chi connectivity index (χ1v) is 8.61. The van der Waals surface area contributed by atoms with E-state index in [0.717, 1.165) is 33.8 Å². The molecule has 1 N–H and O–H groups in total. The van der Waals surface area contributed by atoms with Gasteiger partial charge >= 0.3 is 0 Å². The fourth-order valence-corrected chi connectivity index (χ4v) is 3.50. The number of nitrogens with zero attached hydrogens (tertiary/aromatic N) is 2. The van der Waals surface area contributed by atoms with Crippen molar-refractivity contribution in [1.82, 2.24) is 14.5 Å². The topological polar surface area (TPSA) is 33.6 Å². The van der Waals surface area contributed by atoms with E-state index in [4.69, 9.17) is 4.98 Å². The molecule has 0 aliphatic carbocycles. The quantitative estimate of drug-likeness (QED) is 0.434. The van der Waals surface area contributed by atoms with E-state index >= 15 is 0 Å². The maximum Gasteiger partial charge on any atom is 0.155 e. The Kier molecular flexibility index (Phi) is 3.25. The second-order valence-electron chi connectivity index (χ2n) is 6.32. The minimum Gasteiger partial charge on any atom is -0.337 e. The van der Waals surface area contributed by atoms with E-state index < -0.39 is 0 Å². The third-order valence-electron chi connectivity index (χ3n) is 4.78. The van der Waals surface area contributed by atoms with Crippen molar-refractivity contribution in [2.24, 2.45) is 0 Å². The standard InChI is InChI=1S/C23H17N3/c1-2-26-21(18-12-11-16-7-3-4-8-17(16)15-18)13-14-22(26)23-24-19-9-5-6-10-20(19)25-23/h2-15H,1H2,(H,24,25). The van der Waals surface area contributed by atoms with Gasteiger partial charge in [0.05, 0.1) is 22.4 Å². The Balaban J connectivity index is 1.67. The van der Waals surface area contributed by atoms with Gasteiger partial charge in [-0.05, 0) is 46.7 Å². The summed E-state index contributed by atoms with van der Waals surface area (Å²) < 4.78 is 2.09. The van der Waals surface area contributed by atoms with Gasteiger partial charge in [-0.1, -0.05) is 55.1 Å². The molecule has 5 aromatic rings. The molecule has 26 heavy (non-hydrogen) atoms. The molecule has 0 amide bonds. The van der Waals surface area contributed by atoms with Crippen molar-refractivity contribution in [2.75, 3.05) is 0 Å². The van der Waals surface area contributed by atoms with Gasteiger partial charge in [-0.15, -0.1) is 0 Å². The van der Waals surface area contributed by atoms with Gasteiger partial charge in [-0.3, -0.25) is 0 Å². The summed E-state index contributed by atoms with van der Waals surface area (Å²) in [4.78, 5) is 8.13. The number of imidazole rings is 1. The number of para-hydroxylation sites is 2. The number of H-pyrrole nitrogens is 1. The highest BCUT2D eigenvalue weighted by molar-refractivity contribution is 5.88. The number of aromatic amines is 1. The van der Waals surface area contributed by atoms with E-state index in [1.807, 2.05) is 30.5 Å². The molecule has 5 rings (SSSR count). The molecule has 0 radical (unpaired) electrons. The van der Waals surface area contributed by atoms with Crippen LogP contribution in [-0.2, 0) is 0 Å². The summed E-state index contributed by atoms with van der Waals surface area (Å²) in [5.41, 5.74) is 5.25.